The largest absolute Gasteiger partial charge is 0.453 e. The van der Waals surface area contributed by atoms with Crippen molar-refractivity contribution in [1.29, 1.82) is 0 Å². The molecule has 9 heteroatoms. The number of benzene rings is 1. The summed E-state index contributed by atoms with van der Waals surface area (Å²) in [4.78, 5) is 11.1. The Hall–Kier alpha value is -0.690. The number of amides is 1. The van der Waals surface area contributed by atoms with E-state index in [4.69, 9.17) is 34.8 Å². The van der Waals surface area contributed by atoms with Crippen LogP contribution in [-0.2, 0) is 14.6 Å². The summed E-state index contributed by atoms with van der Waals surface area (Å²) < 4.78 is 26.7. The molecule has 1 N–H and O–H groups in total. The quantitative estimate of drug-likeness (QED) is 0.854. The molecule has 0 fully saturated rings. The van der Waals surface area contributed by atoms with Crippen LogP contribution in [0.2, 0.25) is 0 Å². The van der Waals surface area contributed by atoms with Crippen LogP contribution in [0.1, 0.15) is 0 Å². The average Bonchev–Trinajstić information content (AvgIpc) is 2.35. The Morgan fingerprint density at radius 1 is 1.26 bits per heavy atom. The Bertz CT molecular complexity index is 542. The minimum atomic E-state index is -4.07. The molecule has 1 aromatic rings. The Morgan fingerprint density at radius 2 is 1.79 bits per heavy atom. The maximum atomic E-state index is 12.3. The van der Waals surface area contributed by atoms with Crippen LogP contribution in [0.5, 0.6) is 0 Å². The zero-order chi connectivity index (χ0) is 14.7. The number of ether oxygens (including phenoxy) is 1. The van der Waals surface area contributed by atoms with E-state index in [1.54, 1.807) is 6.07 Å². The van der Waals surface area contributed by atoms with Gasteiger partial charge < -0.3 is 10.1 Å². The third-order valence-corrected chi connectivity index (χ3v) is 5.18. The molecular formula is C10H10Cl3NO4S. The lowest BCUT2D eigenvalue weighted by molar-refractivity contribution is 0.169. The van der Waals surface area contributed by atoms with Crippen molar-refractivity contribution in [3.8, 4) is 0 Å². The first-order valence-corrected chi connectivity index (χ1v) is 7.57. The van der Waals surface area contributed by atoms with Gasteiger partial charge in [-0.1, -0.05) is 53.0 Å². The third-order valence-electron chi connectivity index (χ3n) is 2.11. The van der Waals surface area contributed by atoms with Crippen molar-refractivity contribution in [2.24, 2.45) is 0 Å². The molecule has 0 aliphatic rings. The van der Waals surface area contributed by atoms with E-state index < -0.39 is 25.1 Å². The van der Waals surface area contributed by atoms with Crippen molar-refractivity contribution in [2.75, 3.05) is 7.11 Å². The van der Waals surface area contributed by atoms with Crippen molar-refractivity contribution in [3.63, 3.8) is 0 Å². The summed E-state index contributed by atoms with van der Waals surface area (Å²) in [7, 11) is -3.00. The predicted molar refractivity (Wildman–Crippen MR) is 73.2 cm³/mol. The highest BCUT2D eigenvalue weighted by Gasteiger charge is 2.44. The lowest BCUT2D eigenvalue weighted by Gasteiger charge is -2.24. The van der Waals surface area contributed by atoms with E-state index in [1.807, 2.05) is 5.32 Å². The van der Waals surface area contributed by atoms with Crippen molar-refractivity contribution in [2.45, 2.75) is 14.1 Å². The van der Waals surface area contributed by atoms with Crippen molar-refractivity contribution in [3.05, 3.63) is 30.3 Å². The van der Waals surface area contributed by atoms with Gasteiger partial charge in [-0.25, -0.2) is 13.2 Å². The Balaban J connectivity index is 3.22. The second kappa shape index (κ2) is 6.17. The van der Waals surface area contributed by atoms with E-state index in [2.05, 4.69) is 4.74 Å². The van der Waals surface area contributed by atoms with Crippen molar-refractivity contribution in [1.82, 2.24) is 5.32 Å². The van der Waals surface area contributed by atoms with Gasteiger partial charge in [-0.15, -0.1) is 0 Å². The number of rotatable bonds is 3. The monoisotopic (exact) mass is 345 g/mol. The number of hydrogen-bond donors (Lipinski definition) is 1. The van der Waals surface area contributed by atoms with Crippen LogP contribution in [-0.4, -0.2) is 30.8 Å². The highest BCUT2D eigenvalue weighted by atomic mass is 35.6. The molecule has 0 radical (unpaired) electrons. The van der Waals surface area contributed by atoms with Gasteiger partial charge in [0.05, 0.1) is 12.0 Å². The molecule has 0 aliphatic heterocycles. The molecule has 0 aromatic heterocycles. The van der Waals surface area contributed by atoms with Crippen molar-refractivity contribution < 1.29 is 17.9 Å². The van der Waals surface area contributed by atoms with E-state index in [9.17, 15) is 13.2 Å². The Labute approximate surface area is 125 Å². The molecule has 1 amide bonds. The maximum Gasteiger partial charge on any atom is 0.408 e. The van der Waals surface area contributed by atoms with Crippen LogP contribution in [0.4, 0.5) is 4.79 Å². The van der Waals surface area contributed by atoms with E-state index in [0.29, 0.717) is 0 Å². The van der Waals surface area contributed by atoms with Gasteiger partial charge in [0.25, 0.3) is 0 Å². The normalized spacial score (nSPS) is 13.7. The van der Waals surface area contributed by atoms with E-state index >= 15 is 0 Å². The molecule has 0 aliphatic carbocycles. The topological polar surface area (TPSA) is 72.5 Å². The summed E-state index contributed by atoms with van der Waals surface area (Å²) in [6.45, 7) is 0. The number of halogens is 3. The van der Waals surface area contributed by atoms with Gasteiger partial charge in [-0.2, -0.15) is 0 Å². The molecule has 19 heavy (non-hydrogen) atoms. The first-order valence-electron chi connectivity index (χ1n) is 4.89. The standard InChI is InChI=1S/C10H10Cl3NO4S/c1-18-9(15)14-8(10(11,12)13)19(16,17)7-5-3-2-4-6-7/h2-6,8H,1H3,(H,14,15). The SMILES string of the molecule is COC(=O)NC(C(Cl)(Cl)Cl)S(=O)(=O)c1ccccc1. The van der Waals surface area contributed by atoms with Crippen LogP contribution in [0.25, 0.3) is 0 Å². The van der Waals surface area contributed by atoms with Gasteiger partial charge in [0.1, 0.15) is 0 Å². The number of methoxy groups -OCH3 is 1. The van der Waals surface area contributed by atoms with Crippen LogP contribution in [0, 0.1) is 0 Å². The molecule has 0 saturated heterocycles. The smallest absolute Gasteiger partial charge is 0.408 e. The van der Waals surface area contributed by atoms with Gasteiger partial charge in [0, 0.05) is 0 Å². The molecule has 106 valence electrons. The molecule has 1 rings (SSSR count). The minimum Gasteiger partial charge on any atom is -0.453 e. The van der Waals surface area contributed by atoms with Crippen LogP contribution < -0.4 is 5.32 Å². The fourth-order valence-electron chi connectivity index (χ4n) is 1.25. The van der Waals surface area contributed by atoms with Crippen LogP contribution in [0.3, 0.4) is 0 Å². The number of alkyl halides is 3. The molecule has 1 unspecified atom stereocenters. The van der Waals surface area contributed by atoms with Gasteiger partial charge in [0.2, 0.25) is 13.6 Å². The Kier molecular flexibility index (Phi) is 5.32. The van der Waals surface area contributed by atoms with Crippen LogP contribution in [0.15, 0.2) is 35.2 Å². The Morgan fingerprint density at radius 3 is 2.21 bits per heavy atom. The summed E-state index contributed by atoms with van der Waals surface area (Å²) in [6.07, 6.45) is -1.02. The summed E-state index contributed by atoms with van der Waals surface area (Å²) in [5, 5.41) is 0.236. The number of carbonyl (C=O) groups excluding carboxylic acids is 1. The fraction of sp³-hybridized carbons (Fsp3) is 0.300. The van der Waals surface area contributed by atoms with E-state index in [-0.39, 0.29) is 4.90 Å². The summed E-state index contributed by atoms with van der Waals surface area (Å²) in [6, 6.07) is 7.33. The average molecular weight is 347 g/mol. The van der Waals surface area contributed by atoms with E-state index in [1.165, 1.54) is 24.3 Å². The molecule has 1 atom stereocenters. The number of nitrogens with one attached hydrogen (secondary N) is 1. The molecule has 0 spiro atoms. The van der Waals surface area contributed by atoms with Crippen molar-refractivity contribution >= 4 is 50.7 Å². The first-order chi connectivity index (χ1) is 8.69. The second-order valence-corrected chi connectivity index (χ2v) is 7.82. The second-order valence-electron chi connectivity index (χ2n) is 3.42. The van der Waals surface area contributed by atoms with E-state index in [0.717, 1.165) is 7.11 Å². The zero-order valence-corrected chi connectivity index (χ0v) is 12.7. The zero-order valence-electron chi connectivity index (χ0n) is 9.64. The first kappa shape index (κ1) is 16.4. The number of alkyl carbamates (subject to hydrolysis) is 1. The minimum absolute atomic E-state index is 0.0808. The molecule has 1 aromatic carbocycles. The molecule has 0 bridgehead atoms. The lowest BCUT2D eigenvalue weighted by Crippen LogP contribution is -2.49. The predicted octanol–water partition coefficient (Wildman–Crippen LogP) is 2.51. The van der Waals surface area contributed by atoms with Gasteiger partial charge in [-0.3, -0.25) is 0 Å². The summed E-state index contributed by atoms with van der Waals surface area (Å²) >= 11 is 16.8. The maximum absolute atomic E-state index is 12.3. The third kappa shape index (κ3) is 4.14. The lowest BCUT2D eigenvalue weighted by atomic mass is 10.4. The highest BCUT2D eigenvalue weighted by molar-refractivity contribution is 7.92. The summed E-state index contributed by atoms with van der Waals surface area (Å²) in [5.41, 5.74) is 0. The molecule has 0 saturated carbocycles. The fourth-order valence-corrected chi connectivity index (χ4v) is 3.88. The van der Waals surface area contributed by atoms with Crippen LogP contribution >= 0.6 is 34.8 Å². The van der Waals surface area contributed by atoms with Gasteiger partial charge in [0.15, 0.2) is 5.37 Å². The summed E-state index contributed by atoms with van der Waals surface area (Å²) in [5.74, 6) is 0. The highest BCUT2D eigenvalue weighted by Crippen LogP contribution is 2.35. The van der Waals surface area contributed by atoms with Gasteiger partial charge in [-0.05, 0) is 12.1 Å². The number of hydrogen-bond acceptors (Lipinski definition) is 4. The number of sulfone groups is 1. The number of carbonyl (C=O) groups is 1. The molecule has 0 heterocycles. The van der Waals surface area contributed by atoms with Gasteiger partial charge >= 0.3 is 6.09 Å². The molecular weight excluding hydrogens is 337 g/mol. The molecule has 5 nitrogen and oxygen atoms in total.